The topological polar surface area (TPSA) is 32.3 Å². The highest BCUT2D eigenvalue weighted by Crippen LogP contribution is 2.19. The van der Waals surface area contributed by atoms with Gasteiger partial charge in [0.2, 0.25) is 0 Å². The van der Waals surface area contributed by atoms with Crippen molar-refractivity contribution in [3.63, 3.8) is 0 Å². The van der Waals surface area contributed by atoms with E-state index < -0.39 is 0 Å². The zero-order chi connectivity index (χ0) is 12.2. The lowest BCUT2D eigenvalue weighted by molar-refractivity contribution is 0.288. The summed E-state index contributed by atoms with van der Waals surface area (Å²) in [4.78, 5) is 0. The molecule has 1 rings (SSSR count). The average Bonchev–Trinajstić information content (AvgIpc) is 2.19. The second kappa shape index (κ2) is 5.35. The van der Waals surface area contributed by atoms with E-state index in [1.807, 2.05) is 18.2 Å². The monoisotopic (exact) mass is 221 g/mol. The highest BCUT2D eigenvalue weighted by Gasteiger charge is 2.18. The van der Waals surface area contributed by atoms with E-state index in [4.69, 9.17) is 0 Å². The van der Waals surface area contributed by atoms with Crippen LogP contribution in [0.3, 0.4) is 0 Å². The molecule has 0 spiro atoms. The summed E-state index contributed by atoms with van der Waals surface area (Å²) in [6, 6.07) is 7.99. The first-order valence-electron chi connectivity index (χ1n) is 5.91. The van der Waals surface area contributed by atoms with E-state index in [1.54, 1.807) is 6.07 Å². The molecule has 0 aliphatic carbocycles. The summed E-state index contributed by atoms with van der Waals surface area (Å²) in [6.07, 6.45) is 0.868. The second-order valence-corrected chi connectivity index (χ2v) is 5.42. The normalized spacial score (nSPS) is 13.8. The number of benzene rings is 1. The smallest absolute Gasteiger partial charge is 0.118 e. The SMILES string of the molecule is CC(NCCc1ccccc1O)C(C)(C)C. The van der Waals surface area contributed by atoms with Gasteiger partial charge in [0, 0.05) is 6.04 Å². The summed E-state index contributed by atoms with van der Waals surface area (Å²) in [5.74, 6) is 0.396. The van der Waals surface area contributed by atoms with Gasteiger partial charge in [0.15, 0.2) is 0 Å². The van der Waals surface area contributed by atoms with E-state index in [0.717, 1.165) is 18.5 Å². The third-order valence-corrected chi connectivity index (χ3v) is 3.14. The number of phenolic OH excluding ortho intramolecular Hbond substituents is 1. The third-order valence-electron chi connectivity index (χ3n) is 3.14. The Morgan fingerprint density at radius 1 is 1.25 bits per heavy atom. The van der Waals surface area contributed by atoms with Crippen molar-refractivity contribution in [2.75, 3.05) is 6.54 Å². The molecule has 0 aliphatic heterocycles. The predicted octanol–water partition coefficient (Wildman–Crippen LogP) is 2.96. The molecule has 0 aromatic heterocycles. The molecule has 0 bridgehead atoms. The molecule has 1 atom stereocenters. The van der Waals surface area contributed by atoms with Gasteiger partial charge in [-0.2, -0.15) is 0 Å². The van der Waals surface area contributed by atoms with Gasteiger partial charge in [-0.05, 0) is 36.9 Å². The fraction of sp³-hybridized carbons (Fsp3) is 0.571. The number of para-hydroxylation sites is 1. The Morgan fingerprint density at radius 2 is 1.88 bits per heavy atom. The first-order valence-corrected chi connectivity index (χ1v) is 5.91. The van der Waals surface area contributed by atoms with Gasteiger partial charge in [-0.15, -0.1) is 0 Å². The Bertz CT molecular complexity index is 328. The molecule has 0 aliphatic rings. The maximum absolute atomic E-state index is 9.61. The standard InChI is InChI=1S/C14H23NO/c1-11(14(2,3)4)15-10-9-12-7-5-6-8-13(12)16/h5-8,11,15-16H,9-10H2,1-4H3. The quantitative estimate of drug-likeness (QED) is 0.819. The minimum absolute atomic E-state index is 0.277. The Morgan fingerprint density at radius 3 is 2.44 bits per heavy atom. The lowest BCUT2D eigenvalue weighted by Crippen LogP contribution is -2.38. The molecule has 1 aromatic carbocycles. The van der Waals surface area contributed by atoms with E-state index in [2.05, 4.69) is 33.0 Å². The summed E-state index contributed by atoms with van der Waals surface area (Å²) in [6.45, 7) is 9.78. The fourth-order valence-electron chi connectivity index (χ4n) is 1.45. The Labute approximate surface area is 98.7 Å². The molecule has 0 amide bonds. The van der Waals surface area contributed by atoms with Crippen LogP contribution in [-0.4, -0.2) is 17.7 Å². The van der Waals surface area contributed by atoms with E-state index in [0.29, 0.717) is 11.8 Å². The number of rotatable bonds is 4. The van der Waals surface area contributed by atoms with E-state index in [-0.39, 0.29) is 5.41 Å². The van der Waals surface area contributed by atoms with Crippen LogP contribution >= 0.6 is 0 Å². The van der Waals surface area contributed by atoms with Crippen molar-refractivity contribution < 1.29 is 5.11 Å². The zero-order valence-electron chi connectivity index (χ0n) is 10.7. The van der Waals surface area contributed by atoms with Gasteiger partial charge in [0.05, 0.1) is 0 Å². The molecular formula is C14H23NO. The van der Waals surface area contributed by atoms with Gasteiger partial charge in [-0.3, -0.25) is 0 Å². The van der Waals surface area contributed by atoms with E-state index >= 15 is 0 Å². The molecule has 2 heteroatoms. The average molecular weight is 221 g/mol. The van der Waals surface area contributed by atoms with Gasteiger partial charge < -0.3 is 10.4 Å². The van der Waals surface area contributed by atoms with Crippen molar-refractivity contribution in [1.29, 1.82) is 0 Å². The van der Waals surface area contributed by atoms with Crippen molar-refractivity contribution in [3.8, 4) is 5.75 Å². The minimum atomic E-state index is 0.277. The molecule has 2 nitrogen and oxygen atoms in total. The molecule has 0 heterocycles. The molecule has 90 valence electrons. The Balaban J connectivity index is 2.40. The second-order valence-electron chi connectivity index (χ2n) is 5.42. The van der Waals surface area contributed by atoms with Crippen molar-refractivity contribution in [2.45, 2.75) is 40.2 Å². The Kier molecular flexibility index (Phi) is 4.36. The van der Waals surface area contributed by atoms with Crippen LogP contribution in [0.4, 0.5) is 0 Å². The van der Waals surface area contributed by atoms with Crippen molar-refractivity contribution in [2.24, 2.45) is 5.41 Å². The van der Waals surface area contributed by atoms with Crippen LogP contribution in [0, 0.1) is 5.41 Å². The summed E-state index contributed by atoms with van der Waals surface area (Å²) in [5.41, 5.74) is 1.29. The third kappa shape index (κ3) is 3.86. The molecule has 0 radical (unpaired) electrons. The molecule has 16 heavy (non-hydrogen) atoms. The van der Waals surface area contributed by atoms with Crippen LogP contribution in [0.25, 0.3) is 0 Å². The van der Waals surface area contributed by atoms with Crippen molar-refractivity contribution >= 4 is 0 Å². The first kappa shape index (κ1) is 13.0. The van der Waals surface area contributed by atoms with Crippen LogP contribution in [0.15, 0.2) is 24.3 Å². The minimum Gasteiger partial charge on any atom is -0.508 e. The van der Waals surface area contributed by atoms with Crippen LogP contribution < -0.4 is 5.32 Å². The number of phenols is 1. The van der Waals surface area contributed by atoms with Crippen molar-refractivity contribution in [1.82, 2.24) is 5.32 Å². The summed E-state index contributed by atoms with van der Waals surface area (Å²) >= 11 is 0. The van der Waals surface area contributed by atoms with Gasteiger partial charge in [0.25, 0.3) is 0 Å². The van der Waals surface area contributed by atoms with Gasteiger partial charge in [0.1, 0.15) is 5.75 Å². The van der Waals surface area contributed by atoms with Gasteiger partial charge in [-0.25, -0.2) is 0 Å². The van der Waals surface area contributed by atoms with Crippen LogP contribution in [0.1, 0.15) is 33.3 Å². The number of hydrogen-bond acceptors (Lipinski definition) is 2. The van der Waals surface area contributed by atoms with Gasteiger partial charge in [-0.1, -0.05) is 39.0 Å². The highest BCUT2D eigenvalue weighted by atomic mass is 16.3. The summed E-state index contributed by atoms with van der Waals surface area (Å²) in [7, 11) is 0. The fourth-order valence-corrected chi connectivity index (χ4v) is 1.45. The molecule has 0 fully saturated rings. The Hall–Kier alpha value is -1.02. The largest absolute Gasteiger partial charge is 0.508 e. The zero-order valence-corrected chi connectivity index (χ0v) is 10.7. The van der Waals surface area contributed by atoms with Crippen LogP contribution in [0.5, 0.6) is 5.75 Å². The maximum atomic E-state index is 9.61. The molecule has 1 aromatic rings. The summed E-state index contributed by atoms with van der Waals surface area (Å²) < 4.78 is 0. The van der Waals surface area contributed by atoms with Crippen molar-refractivity contribution in [3.05, 3.63) is 29.8 Å². The van der Waals surface area contributed by atoms with Crippen LogP contribution in [-0.2, 0) is 6.42 Å². The lowest BCUT2D eigenvalue weighted by Gasteiger charge is -2.28. The molecule has 2 N–H and O–H groups in total. The molecule has 0 saturated heterocycles. The molecular weight excluding hydrogens is 198 g/mol. The van der Waals surface area contributed by atoms with E-state index in [1.165, 1.54) is 0 Å². The number of aromatic hydroxyl groups is 1. The van der Waals surface area contributed by atoms with Gasteiger partial charge >= 0.3 is 0 Å². The number of hydrogen-bond donors (Lipinski definition) is 2. The number of nitrogens with one attached hydrogen (secondary N) is 1. The molecule has 0 saturated carbocycles. The van der Waals surface area contributed by atoms with Crippen LogP contribution in [0.2, 0.25) is 0 Å². The molecule has 1 unspecified atom stereocenters. The summed E-state index contributed by atoms with van der Waals surface area (Å²) in [5, 5.41) is 13.1. The lowest BCUT2D eigenvalue weighted by atomic mass is 9.88. The first-order chi connectivity index (χ1) is 7.41. The maximum Gasteiger partial charge on any atom is 0.118 e. The predicted molar refractivity (Wildman–Crippen MR) is 68.7 cm³/mol. The highest BCUT2D eigenvalue weighted by molar-refractivity contribution is 5.31. The van der Waals surface area contributed by atoms with E-state index in [9.17, 15) is 5.11 Å².